The Hall–Kier alpha value is -2.24. The number of hydrogen-bond acceptors (Lipinski definition) is 8. The normalized spacial score (nSPS) is 40.0. The highest BCUT2D eigenvalue weighted by Crippen LogP contribution is 2.54. The van der Waals surface area contributed by atoms with Crippen molar-refractivity contribution in [2.75, 3.05) is 6.61 Å². The number of nitrogens with zero attached hydrogens (tertiary/aromatic N) is 1. The van der Waals surface area contributed by atoms with E-state index in [1.54, 1.807) is 26.8 Å². The number of ether oxygens (including phenoxy) is 3. The van der Waals surface area contributed by atoms with Crippen LogP contribution in [0.2, 0.25) is 0 Å². The molecule has 1 fully saturated rings. The van der Waals surface area contributed by atoms with Crippen LogP contribution in [0, 0.1) is 17.3 Å². The maximum absolute atomic E-state index is 14.1. The zero-order valence-electron chi connectivity index (χ0n) is 22.6. The van der Waals surface area contributed by atoms with Gasteiger partial charge in [-0.1, -0.05) is 45.9 Å². The van der Waals surface area contributed by atoms with E-state index in [-0.39, 0.29) is 19.1 Å². The number of aliphatic hydroxyl groups is 2. The van der Waals surface area contributed by atoms with Gasteiger partial charge in [0, 0.05) is 31.6 Å². The van der Waals surface area contributed by atoms with Gasteiger partial charge < -0.3 is 24.4 Å². The number of hydrogen-bond donors (Lipinski definition) is 2. The molecule has 0 bridgehead atoms. The third-order valence-corrected chi connectivity index (χ3v) is 7.92. The van der Waals surface area contributed by atoms with E-state index in [1.165, 1.54) is 32.9 Å². The van der Waals surface area contributed by atoms with E-state index in [2.05, 4.69) is 4.99 Å². The van der Waals surface area contributed by atoms with Gasteiger partial charge in [0.05, 0.1) is 24.0 Å². The number of cyclic esters (lactones) is 1. The maximum atomic E-state index is 14.1. The van der Waals surface area contributed by atoms with Crippen LogP contribution in [0.15, 0.2) is 28.8 Å². The van der Waals surface area contributed by atoms with Crippen molar-refractivity contribution in [2.24, 2.45) is 22.2 Å². The third-order valence-electron chi connectivity index (χ3n) is 7.92. The molecule has 0 aliphatic carbocycles. The number of halogens is 3. The summed E-state index contributed by atoms with van der Waals surface area (Å²) in [4.78, 5) is 30.3. The topological polar surface area (TPSA) is 118 Å². The Morgan fingerprint density at radius 2 is 1.87 bits per heavy atom. The number of alkyl halides is 3. The summed E-state index contributed by atoms with van der Waals surface area (Å²) in [6, 6.07) is -0.374. The number of Topliss-reactive ketones (excluding diaryl/α,β-unsaturated/α-hetero) is 1. The molecule has 11 heteroatoms. The molecular weight excluding hydrogens is 507 g/mol. The average Bonchev–Trinajstić information content (AvgIpc) is 3.38. The summed E-state index contributed by atoms with van der Waals surface area (Å²) in [7, 11) is 0. The summed E-state index contributed by atoms with van der Waals surface area (Å²) in [5.74, 6) is -2.45. The molecule has 1 saturated heterocycles. The minimum atomic E-state index is -4.69. The van der Waals surface area contributed by atoms with Crippen LogP contribution in [0.4, 0.5) is 13.2 Å². The summed E-state index contributed by atoms with van der Waals surface area (Å²) in [5, 5.41) is 21.5. The highest BCUT2D eigenvalue weighted by molar-refractivity contribution is 5.88. The summed E-state index contributed by atoms with van der Waals surface area (Å²) in [6.45, 7) is 9.64. The lowest BCUT2D eigenvalue weighted by atomic mass is 9.73. The van der Waals surface area contributed by atoms with Crippen LogP contribution in [0.3, 0.4) is 0 Å². The molecule has 0 spiro atoms. The minimum absolute atomic E-state index is 0.259. The maximum Gasteiger partial charge on any atom is 0.420 e. The van der Waals surface area contributed by atoms with Gasteiger partial charge in [0.1, 0.15) is 30.6 Å². The third kappa shape index (κ3) is 6.31. The second kappa shape index (κ2) is 11.1. The van der Waals surface area contributed by atoms with Gasteiger partial charge in [0.25, 0.3) is 0 Å². The number of epoxide rings is 1. The SMILES string of the molecule is CC1=NC(/C=C(\C)[C@@H]2CC3OC3(C(F)(F)F)C/C=C/[C@H](C)[C@H](O)[C@@H](C)C(=O)C(C)(C)[C@@H](O)CC(=O)O2)CO1. The summed E-state index contributed by atoms with van der Waals surface area (Å²) in [6.07, 6.45) is -6.55. The highest BCUT2D eigenvalue weighted by atomic mass is 19.4. The molecule has 8 atom stereocenters. The number of carbonyl (C=O) groups is 2. The van der Waals surface area contributed by atoms with Crippen LogP contribution in [0.5, 0.6) is 0 Å². The fraction of sp³-hybridized carbons (Fsp3) is 0.741. The highest BCUT2D eigenvalue weighted by Gasteiger charge is 2.72. The second-order valence-corrected chi connectivity index (χ2v) is 11.2. The Balaban J connectivity index is 1.96. The standard InChI is InChI=1S/C27H38F3NO7/c1-14-8-7-9-26(27(28,29)30)21(38-26)11-19(15(2)10-18-13-36-17(4)31-18)37-22(33)12-20(32)25(5,6)24(35)16(3)23(14)34/h7-8,10,14,16,18-21,23,32,34H,9,11-13H2,1-6H3/b8-7+,15-10+/t14-,16+,18?,19-,20-,21?,23-,26?/m0/s1. The first-order valence-corrected chi connectivity index (χ1v) is 12.9. The van der Waals surface area contributed by atoms with E-state index in [9.17, 15) is 33.0 Å². The molecule has 0 aromatic carbocycles. The fourth-order valence-corrected chi connectivity index (χ4v) is 5.09. The Morgan fingerprint density at radius 3 is 2.45 bits per heavy atom. The average molecular weight is 546 g/mol. The van der Waals surface area contributed by atoms with Crippen molar-refractivity contribution in [2.45, 2.75) is 103 Å². The molecule has 38 heavy (non-hydrogen) atoms. The summed E-state index contributed by atoms with van der Waals surface area (Å²) >= 11 is 0. The summed E-state index contributed by atoms with van der Waals surface area (Å²) in [5.41, 5.74) is -3.37. The monoisotopic (exact) mass is 545 g/mol. The van der Waals surface area contributed by atoms with Crippen molar-refractivity contribution in [3.63, 3.8) is 0 Å². The molecule has 0 aromatic heterocycles. The number of carbonyl (C=O) groups excluding carboxylic acids is 2. The van der Waals surface area contributed by atoms with Gasteiger partial charge in [0.2, 0.25) is 0 Å². The summed E-state index contributed by atoms with van der Waals surface area (Å²) < 4.78 is 58.5. The Kier molecular flexibility index (Phi) is 8.85. The zero-order chi connectivity index (χ0) is 28.6. The molecule has 0 saturated carbocycles. The second-order valence-electron chi connectivity index (χ2n) is 11.2. The Labute approximate surface area is 220 Å². The molecule has 214 valence electrons. The minimum Gasteiger partial charge on any atom is -0.479 e. The van der Waals surface area contributed by atoms with Gasteiger partial charge in [-0.15, -0.1) is 0 Å². The van der Waals surface area contributed by atoms with E-state index >= 15 is 0 Å². The number of aliphatic hydroxyl groups excluding tert-OH is 2. The molecule has 2 N–H and O–H groups in total. The zero-order valence-corrected chi connectivity index (χ0v) is 22.6. The van der Waals surface area contributed by atoms with Crippen LogP contribution in [-0.2, 0) is 23.8 Å². The first-order valence-electron chi connectivity index (χ1n) is 12.9. The molecule has 3 rings (SSSR count). The lowest BCUT2D eigenvalue weighted by molar-refractivity contribution is -0.183. The quantitative estimate of drug-likeness (QED) is 0.309. The van der Waals surface area contributed by atoms with E-state index in [4.69, 9.17) is 14.2 Å². The Bertz CT molecular complexity index is 1010. The van der Waals surface area contributed by atoms with Crippen molar-refractivity contribution in [3.8, 4) is 0 Å². The molecule has 3 unspecified atom stereocenters. The van der Waals surface area contributed by atoms with Gasteiger partial charge in [-0.25, -0.2) is 4.99 Å². The van der Waals surface area contributed by atoms with Crippen LogP contribution in [-0.4, -0.2) is 76.7 Å². The number of fused-ring (bicyclic) bond motifs is 1. The number of rotatable bonds is 2. The number of ketones is 1. The molecule has 3 aliphatic rings. The first-order chi connectivity index (χ1) is 17.5. The molecule has 3 heterocycles. The molecule has 0 aromatic rings. The van der Waals surface area contributed by atoms with Crippen LogP contribution >= 0.6 is 0 Å². The van der Waals surface area contributed by atoms with Crippen LogP contribution in [0.1, 0.15) is 60.8 Å². The van der Waals surface area contributed by atoms with Gasteiger partial charge >= 0.3 is 12.1 Å². The lowest BCUT2D eigenvalue weighted by Crippen LogP contribution is -2.45. The van der Waals surface area contributed by atoms with Crippen LogP contribution in [0.25, 0.3) is 0 Å². The van der Waals surface area contributed by atoms with Crippen LogP contribution < -0.4 is 0 Å². The predicted octanol–water partition coefficient (Wildman–Crippen LogP) is 3.69. The van der Waals surface area contributed by atoms with Gasteiger partial charge in [-0.3, -0.25) is 9.59 Å². The molecule has 8 nitrogen and oxygen atoms in total. The van der Waals surface area contributed by atoms with E-state index in [0.29, 0.717) is 11.5 Å². The van der Waals surface area contributed by atoms with Crippen molar-refractivity contribution in [1.29, 1.82) is 0 Å². The van der Waals surface area contributed by atoms with Gasteiger partial charge in [-0.05, 0) is 12.5 Å². The van der Waals surface area contributed by atoms with E-state index in [1.807, 2.05) is 0 Å². The lowest BCUT2D eigenvalue weighted by Gasteiger charge is -2.34. The number of aliphatic imine (C=N–C) groups is 1. The van der Waals surface area contributed by atoms with E-state index in [0.717, 1.165) is 0 Å². The predicted molar refractivity (Wildman–Crippen MR) is 132 cm³/mol. The number of esters is 1. The smallest absolute Gasteiger partial charge is 0.420 e. The molecule has 0 amide bonds. The Morgan fingerprint density at radius 1 is 1.21 bits per heavy atom. The molecule has 0 radical (unpaired) electrons. The van der Waals surface area contributed by atoms with E-state index < -0.39 is 78.0 Å². The fourth-order valence-electron chi connectivity index (χ4n) is 5.09. The van der Waals surface area contributed by atoms with Crippen molar-refractivity contribution in [1.82, 2.24) is 0 Å². The van der Waals surface area contributed by atoms with Crippen molar-refractivity contribution in [3.05, 3.63) is 23.8 Å². The first kappa shape index (κ1) is 30.3. The molecule has 3 aliphatic heterocycles. The van der Waals surface area contributed by atoms with Gasteiger partial charge in [0.15, 0.2) is 11.5 Å². The van der Waals surface area contributed by atoms with Crippen molar-refractivity contribution >= 4 is 17.7 Å². The van der Waals surface area contributed by atoms with Gasteiger partial charge in [-0.2, -0.15) is 13.2 Å². The molecular formula is C27H38F3NO7. The van der Waals surface area contributed by atoms with Crippen molar-refractivity contribution < 1.29 is 47.2 Å². The largest absolute Gasteiger partial charge is 0.479 e.